The highest BCUT2D eigenvalue weighted by Crippen LogP contribution is 2.24. The summed E-state index contributed by atoms with van der Waals surface area (Å²) in [6.07, 6.45) is 0.607. The van der Waals surface area contributed by atoms with Crippen LogP contribution in [0, 0.1) is 22.7 Å². The zero-order chi connectivity index (χ0) is 14.4. The molecule has 0 radical (unpaired) electrons. The number of ether oxygens (including phenoxy) is 1. The highest BCUT2D eigenvalue weighted by molar-refractivity contribution is 5.50. The lowest BCUT2D eigenvalue weighted by atomic mass is 10.1. The minimum atomic E-state index is 0.112. The van der Waals surface area contributed by atoms with Crippen LogP contribution in [-0.4, -0.2) is 11.7 Å². The molecule has 4 heteroatoms. The molecule has 0 unspecified atom stereocenters. The highest BCUT2D eigenvalue weighted by atomic mass is 16.5. The Morgan fingerprint density at radius 1 is 0.900 bits per heavy atom. The van der Waals surface area contributed by atoms with Crippen molar-refractivity contribution in [1.82, 2.24) is 0 Å². The number of benzene rings is 2. The minimum Gasteiger partial charge on any atom is -0.457 e. The van der Waals surface area contributed by atoms with Crippen molar-refractivity contribution in [2.24, 2.45) is 0 Å². The molecule has 0 aromatic heterocycles. The molecule has 0 spiro atoms. The molecule has 2 aromatic rings. The van der Waals surface area contributed by atoms with E-state index in [9.17, 15) is 0 Å². The van der Waals surface area contributed by atoms with Crippen LogP contribution in [0.25, 0.3) is 0 Å². The predicted molar refractivity (Wildman–Crippen MR) is 73.2 cm³/mol. The Hall–Kier alpha value is -2.82. The average Bonchev–Trinajstić information content (AvgIpc) is 2.49. The van der Waals surface area contributed by atoms with Crippen molar-refractivity contribution in [3.63, 3.8) is 0 Å². The van der Waals surface area contributed by atoms with Gasteiger partial charge in [0.15, 0.2) is 0 Å². The SMILES string of the molecule is N#Cc1ccc(Oc2ccc(CCO)cc2)cc1C#N. The van der Waals surface area contributed by atoms with Crippen molar-refractivity contribution in [2.75, 3.05) is 6.61 Å². The molecule has 0 saturated heterocycles. The van der Waals surface area contributed by atoms with E-state index in [1.54, 1.807) is 30.3 Å². The fourth-order valence-electron chi connectivity index (χ4n) is 1.77. The van der Waals surface area contributed by atoms with Crippen LogP contribution in [0.4, 0.5) is 0 Å². The largest absolute Gasteiger partial charge is 0.457 e. The average molecular weight is 264 g/mol. The summed E-state index contributed by atoms with van der Waals surface area (Å²) in [5, 5.41) is 26.6. The maximum absolute atomic E-state index is 8.96. The molecular weight excluding hydrogens is 252 g/mol. The van der Waals surface area contributed by atoms with Gasteiger partial charge in [0, 0.05) is 6.61 Å². The van der Waals surface area contributed by atoms with Crippen LogP contribution < -0.4 is 4.74 Å². The fourth-order valence-corrected chi connectivity index (χ4v) is 1.77. The summed E-state index contributed by atoms with van der Waals surface area (Å²) in [7, 11) is 0. The fraction of sp³-hybridized carbons (Fsp3) is 0.125. The van der Waals surface area contributed by atoms with Crippen LogP contribution in [-0.2, 0) is 6.42 Å². The van der Waals surface area contributed by atoms with Crippen molar-refractivity contribution in [2.45, 2.75) is 6.42 Å². The number of hydrogen-bond donors (Lipinski definition) is 1. The molecule has 1 N–H and O–H groups in total. The van der Waals surface area contributed by atoms with Gasteiger partial charge in [-0.15, -0.1) is 0 Å². The van der Waals surface area contributed by atoms with Crippen LogP contribution >= 0.6 is 0 Å². The predicted octanol–water partition coefficient (Wildman–Crippen LogP) is 2.76. The van der Waals surface area contributed by atoms with E-state index in [0.717, 1.165) is 5.56 Å². The topological polar surface area (TPSA) is 77.0 Å². The Morgan fingerprint density at radius 3 is 2.15 bits per heavy atom. The van der Waals surface area contributed by atoms with Crippen molar-refractivity contribution >= 4 is 0 Å². The number of hydrogen-bond acceptors (Lipinski definition) is 4. The zero-order valence-electron chi connectivity index (χ0n) is 10.7. The van der Waals surface area contributed by atoms with Crippen molar-refractivity contribution in [1.29, 1.82) is 10.5 Å². The maximum atomic E-state index is 8.96. The first-order chi connectivity index (χ1) is 9.76. The molecule has 2 aromatic carbocycles. The van der Waals surface area contributed by atoms with Gasteiger partial charge in [0.1, 0.15) is 23.6 Å². The van der Waals surface area contributed by atoms with Gasteiger partial charge < -0.3 is 9.84 Å². The third-order valence-electron chi connectivity index (χ3n) is 2.79. The molecule has 0 bridgehead atoms. The van der Waals surface area contributed by atoms with Gasteiger partial charge >= 0.3 is 0 Å². The highest BCUT2D eigenvalue weighted by Gasteiger charge is 2.04. The van der Waals surface area contributed by atoms with Gasteiger partial charge in [-0.05, 0) is 42.3 Å². The standard InChI is InChI=1S/C16H12N2O2/c17-10-13-3-6-16(9-14(13)11-18)20-15-4-1-12(2-5-15)7-8-19/h1-6,9,19H,7-8H2. The number of aliphatic hydroxyl groups is 1. The van der Waals surface area contributed by atoms with Gasteiger partial charge in [-0.1, -0.05) is 12.1 Å². The molecule has 0 atom stereocenters. The van der Waals surface area contributed by atoms with Crippen molar-refractivity contribution in [3.05, 3.63) is 59.2 Å². The van der Waals surface area contributed by atoms with Crippen LogP contribution in [0.15, 0.2) is 42.5 Å². The van der Waals surface area contributed by atoms with E-state index in [1.165, 1.54) is 0 Å². The van der Waals surface area contributed by atoms with Crippen LogP contribution in [0.3, 0.4) is 0 Å². The third kappa shape index (κ3) is 3.14. The van der Waals surface area contributed by atoms with Crippen molar-refractivity contribution < 1.29 is 9.84 Å². The number of nitrogens with zero attached hydrogens (tertiary/aromatic N) is 2. The summed E-state index contributed by atoms with van der Waals surface area (Å²) in [6, 6.07) is 16.0. The molecule has 0 saturated carbocycles. The Bertz CT molecular complexity index is 679. The molecule has 0 amide bonds. The van der Waals surface area contributed by atoms with E-state index < -0.39 is 0 Å². The molecule has 4 nitrogen and oxygen atoms in total. The second-order valence-electron chi connectivity index (χ2n) is 4.15. The van der Waals surface area contributed by atoms with E-state index in [1.807, 2.05) is 24.3 Å². The summed E-state index contributed by atoms with van der Waals surface area (Å²) >= 11 is 0. The lowest BCUT2D eigenvalue weighted by Crippen LogP contribution is -1.91. The first kappa shape index (κ1) is 13.6. The Morgan fingerprint density at radius 2 is 1.55 bits per heavy atom. The van der Waals surface area contributed by atoms with E-state index in [2.05, 4.69) is 0 Å². The first-order valence-corrected chi connectivity index (χ1v) is 6.08. The monoisotopic (exact) mass is 264 g/mol. The van der Waals surface area contributed by atoms with Gasteiger partial charge in [-0.3, -0.25) is 0 Å². The number of rotatable bonds is 4. The molecule has 98 valence electrons. The second-order valence-corrected chi connectivity index (χ2v) is 4.15. The molecule has 0 aliphatic carbocycles. The summed E-state index contributed by atoms with van der Waals surface area (Å²) in [4.78, 5) is 0. The normalized spacial score (nSPS) is 9.55. The van der Waals surface area contributed by atoms with Crippen LogP contribution in [0.1, 0.15) is 16.7 Å². The Balaban J connectivity index is 2.18. The third-order valence-corrected chi connectivity index (χ3v) is 2.79. The van der Waals surface area contributed by atoms with Gasteiger partial charge in [-0.2, -0.15) is 10.5 Å². The summed E-state index contributed by atoms with van der Waals surface area (Å²) in [6.45, 7) is 0.112. The molecule has 0 fully saturated rings. The summed E-state index contributed by atoms with van der Waals surface area (Å²) in [5.41, 5.74) is 1.65. The summed E-state index contributed by atoms with van der Waals surface area (Å²) in [5.74, 6) is 1.15. The summed E-state index contributed by atoms with van der Waals surface area (Å²) < 4.78 is 5.63. The minimum absolute atomic E-state index is 0.112. The first-order valence-electron chi connectivity index (χ1n) is 6.08. The number of nitriles is 2. The van der Waals surface area contributed by atoms with E-state index in [-0.39, 0.29) is 6.61 Å². The molecule has 0 aliphatic rings. The maximum Gasteiger partial charge on any atom is 0.128 e. The van der Waals surface area contributed by atoms with Crippen LogP contribution in [0.2, 0.25) is 0 Å². The smallest absolute Gasteiger partial charge is 0.128 e. The molecule has 0 heterocycles. The Labute approximate surface area is 117 Å². The zero-order valence-corrected chi connectivity index (χ0v) is 10.7. The van der Waals surface area contributed by atoms with Gasteiger partial charge in [-0.25, -0.2) is 0 Å². The lowest BCUT2D eigenvalue weighted by Gasteiger charge is -2.07. The van der Waals surface area contributed by atoms with Crippen molar-refractivity contribution in [3.8, 4) is 23.6 Å². The molecule has 0 aliphatic heterocycles. The lowest BCUT2D eigenvalue weighted by molar-refractivity contribution is 0.299. The molecule has 2 rings (SSSR count). The van der Waals surface area contributed by atoms with Crippen LogP contribution in [0.5, 0.6) is 11.5 Å². The molecule has 20 heavy (non-hydrogen) atoms. The number of aliphatic hydroxyl groups excluding tert-OH is 1. The second kappa shape index (κ2) is 6.38. The Kier molecular flexibility index (Phi) is 4.34. The van der Waals surface area contributed by atoms with Gasteiger partial charge in [0.25, 0.3) is 0 Å². The molecular formula is C16H12N2O2. The van der Waals surface area contributed by atoms with Gasteiger partial charge in [0.2, 0.25) is 0 Å². The van der Waals surface area contributed by atoms with E-state index in [0.29, 0.717) is 29.0 Å². The van der Waals surface area contributed by atoms with E-state index in [4.69, 9.17) is 20.4 Å². The van der Waals surface area contributed by atoms with E-state index >= 15 is 0 Å². The van der Waals surface area contributed by atoms with Gasteiger partial charge in [0.05, 0.1) is 11.1 Å². The quantitative estimate of drug-likeness (QED) is 0.921.